The lowest BCUT2D eigenvalue weighted by atomic mass is 10.0. The molecule has 1 heterocycles. The van der Waals surface area contributed by atoms with E-state index < -0.39 is 0 Å². The summed E-state index contributed by atoms with van der Waals surface area (Å²) in [6, 6.07) is 6.17. The summed E-state index contributed by atoms with van der Waals surface area (Å²) in [5.74, 6) is 0. The van der Waals surface area contributed by atoms with E-state index >= 15 is 0 Å². The third-order valence-corrected chi connectivity index (χ3v) is 3.45. The van der Waals surface area contributed by atoms with Crippen LogP contribution in [0.15, 0.2) is 24.4 Å². The van der Waals surface area contributed by atoms with E-state index in [1.165, 1.54) is 28.0 Å². The minimum Gasteiger partial charge on any atom is -0.295 e. The van der Waals surface area contributed by atoms with Crippen LogP contribution in [0.25, 0.3) is 10.4 Å². The van der Waals surface area contributed by atoms with Gasteiger partial charge in [-0.3, -0.25) is 4.79 Å². The Morgan fingerprint density at radius 1 is 1.33 bits per heavy atom. The topological polar surface area (TPSA) is 30.0 Å². The van der Waals surface area contributed by atoms with E-state index in [4.69, 9.17) is 0 Å². The fourth-order valence-corrected chi connectivity index (χ4v) is 2.30. The minimum atomic E-state index is 0.533. The fraction of sp³-hybridized carbons (Fsp3) is 0.167. The van der Waals surface area contributed by atoms with Gasteiger partial charge in [-0.2, -0.15) is 0 Å². The summed E-state index contributed by atoms with van der Waals surface area (Å²) < 4.78 is 0. The molecule has 0 amide bonds. The first kappa shape index (κ1) is 10.1. The van der Waals surface area contributed by atoms with Gasteiger partial charge in [0.25, 0.3) is 0 Å². The monoisotopic (exact) mass is 217 g/mol. The second-order valence-electron chi connectivity index (χ2n) is 3.43. The zero-order chi connectivity index (χ0) is 10.8. The van der Waals surface area contributed by atoms with E-state index in [9.17, 15) is 4.79 Å². The Kier molecular flexibility index (Phi) is 2.64. The largest absolute Gasteiger partial charge is 0.295 e. The van der Waals surface area contributed by atoms with Crippen molar-refractivity contribution >= 4 is 17.6 Å². The molecule has 2 nitrogen and oxygen atoms in total. The lowest BCUT2D eigenvalue weighted by molar-refractivity contribution is 0.112. The van der Waals surface area contributed by atoms with Crippen LogP contribution in [0.2, 0.25) is 0 Å². The lowest BCUT2D eigenvalue weighted by Gasteiger charge is -2.05. The molecule has 0 aliphatic heterocycles. The van der Waals surface area contributed by atoms with Crippen molar-refractivity contribution < 1.29 is 4.79 Å². The van der Waals surface area contributed by atoms with Crippen LogP contribution in [0.5, 0.6) is 0 Å². The summed E-state index contributed by atoms with van der Waals surface area (Å²) in [6.07, 6.45) is 2.55. The maximum Gasteiger partial charge on any atom is 0.178 e. The molecular weight excluding hydrogens is 206 g/mol. The van der Waals surface area contributed by atoms with Gasteiger partial charge in [-0.25, -0.2) is 4.98 Å². The van der Waals surface area contributed by atoms with Crippen LogP contribution in [-0.4, -0.2) is 11.3 Å². The van der Waals surface area contributed by atoms with Crippen molar-refractivity contribution in [1.82, 2.24) is 4.98 Å². The molecule has 76 valence electrons. The van der Waals surface area contributed by atoms with Crippen LogP contribution in [0.3, 0.4) is 0 Å². The van der Waals surface area contributed by atoms with Gasteiger partial charge >= 0.3 is 0 Å². The number of aldehydes is 1. The summed E-state index contributed by atoms with van der Waals surface area (Å²) in [5.41, 5.74) is 3.67. The number of hydrogen-bond donors (Lipinski definition) is 0. The van der Waals surface area contributed by atoms with Gasteiger partial charge in [0.15, 0.2) is 11.3 Å². The Balaban J connectivity index is 2.53. The van der Waals surface area contributed by atoms with Crippen LogP contribution in [0.1, 0.15) is 20.9 Å². The van der Waals surface area contributed by atoms with Crippen molar-refractivity contribution in [3.8, 4) is 10.4 Å². The quantitative estimate of drug-likeness (QED) is 0.723. The molecule has 15 heavy (non-hydrogen) atoms. The first-order valence-corrected chi connectivity index (χ1v) is 5.51. The maximum absolute atomic E-state index is 10.6. The van der Waals surface area contributed by atoms with Crippen LogP contribution in [0.4, 0.5) is 0 Å². The fourth-order valence-electron chi connectivity index (χ4n) is 1.48. The van der Waals surface area contributed by atoms with Crippen LogP contribution >= 0.6 is 11.3 Å². The van der Waals surface area contributed by atoms with Gasteiger partial charge in [-0.15, -0.1) is 11.3 Å². The molecule has 0 spiro atoms. The normalized spacial score (nSPS) is 10.3. The van der Waals surface area contributed by atoms with Gasteiger partial charge in [-0.05, 0) is 30.5 Å². The predicted molar refractivity (Wildman–Crippen MR) is 62.4 cm³/mol. The molecule has 0 bridgehead atoms. The second kappa shape index (κ2) is 3.95. The summed E-state index contributed by atoms with van der Waals surface area (Å²) in [6.45, 7) is 4.17. The van der Waals surface area contributed by atoms with E-state index in [0.717, 1.165) is 11.2 Å². The molecule has 0 aliphatic carbocycles. The van der Waals surface area contributed by atoms with E-state index in [2.05, 4.69) is 31.0 Å². The summed E-state index contributed by atoms with van der Waals surface area (Å²) in [7, 11) is 0. The summed E-state index contributed by atoms with van der Waals surface area (Å²) in [4.78, 5) is 15.6. The number of rotatable bonds is 2. The number of carbonyl (C=O) groups excluding carboxylic acids is 1. The van der Waals surface area contributed by atoms with Gasteiger partial charge in [0, 0.05) is 6.20 Å². The van der Waals surface area contributed by atoms with Gasteiger partial charge in [0.1, 0.15) is 0 Å². The molecule has 0 saturated heterocycles. The molecule has 0 fully saturated rings. The van der Waals surface area contributed by atoms with E-state index in [1.54, 1.807) is 6.20 Å². The van der Waals surface area contributed by atoms with Gasteiger partial charge in [0.05, 0.1) is 4.88 Å². The molecule has 0 N–H and O–H groups in total. The van der Waals surface area contributed by atoms with Crippen LogP contribution in [-0.2, 0) is 0 Å². The third kappa shape index (κ3) is 1.83. The molecule has 1 aromatic heterocycles. The van der Waals surface area contributed by atoms with E-state index in [-0.39, 0.29) is 0 Å². The minimum absolute atomic E-state index is 0.533. The molecular formula is C12H11NOS. The lowest BCUT2D eigenvalue weighted by Crippen LogP contribution is -1.83. The molecule has 0 saturated carbocycles. The van der Waals surface area contributed by atoms with Crippen molar-refractivity contribution in [1.29, 1.82) is 0 Å². The van der Waals surface area contributed by atoms with Crippen molar-refractivity contribution in [3.63, 3.8) is 0 Å². The Hall–Kier alpha value is -1.48. The number of thiazole rings is 1. The zero-order valence-electron chi connectivity index (χ0n) is 8.65. The summed E-state index contributed by atoms with van der Waals surface area (Å²) >= 11 is 1.43. The highest BCUT2D eigenvalue weighted by Crippen LogP contribution is 2.29. The van der Waals surface area contributed by atoms with Gasteiger partial charge in [0.2, 0.25) is 0 Å². The standard InChI is InChI=1S/C12H11NOS/c1-8-4-3-5-10(9(8)2)11-6-13-12(7-14)15-11/h3-7H,1-2H3. The zero-order valence-corrected chi connectivity index (χ0v) is 9.47. The highest BCUT2D eigenvalue weighted by atomic mass is 32.1. The molecule has 0 unspecified atom stereocenters. The predicted octanol–water partition coefficient (Wildman–Crippen LogP) is 3.24. The van der Waals surface area contributed by atoms with Crippen molar-refractivity contribution in [2.45, 2.75) is 13.8 Å². The molecule has 3 heteroatoms. The molecule has 2 aromatic rings. The number of hydrogen-bond acceptors (Lipinski definition) is 3. The smallest absolute Gasteiger partial charge is 0.178 e. The average Bonchev–Trinajstić information content (AvgIpc) is 2.70. The first-order valence-electron chi connectivity index (χ1n) is 4.70. The third-order valence-electron chi connectivity index (χ3n) is 2.49. The first-order chi connectivity index (χ1) is 7.22. The second-order valence-corrected chi connectivity index (χ2v) is 4.49. The molecule has 2 rings (SSSR count). The van der Waals surface area contributed by atoms with Crippen LogP contribution in [0, 0.1) is 13.8 Å². The Morgan fingerprint density at radius 2 is 2.13 bits per heavy atom. The van der Waals surface area contributed by atoms with Gasteiger partial charge < -0.3 is 0 Å². The summed E-state index contributed by atoms with van der Waals surface area (Å²) in [5, 5.41) is 0.533. The Morgan fingerprint density at radius 3 is 2.80 bits per heavy atom. The number of benzene rings is 1. The van der Waals surface area contributed by atoms with Crippen molar-refractivity contribution in [3.05, 3.63) is 40.5 Å². The van der Waals surface area contributed by atoms with E-state index in [1.807, 2.05) is 6.07 Å². The SMILES string of the molecule is Cc1cccc(-c2cnc(C=O)s2)c1C. The molecule has 0 atom stereocenters. The molecule has 0 aliphatic rings. The average molecular weight is 217 g/mol. The van der Waals surface area contributed by atoms with Crippen molar-refractivity contribution in [2.24, 2.45) is 0 Å². The Bertz CT molecular complexity index is 502. The highest BCUT2D eigenvalue weighted by Gasteiger charge is 2.07. The number of nitrogens with zero attached hydrogens (tertiary/aromatic N) is 1. The highest BCUT2D eigenvalue weighted by molar-refractivity contribution is 7.16. The number of carbonyl (C=O) groups is 1. The van der Waals surface area contributed by atoms with Crippen molar-refractivity contribution in [2.75, 3.05) is 0 Å². The van der Waals surface area contributed by atoms with Crippen LogP contribution < -0.4 is 0 Å². The van der Waals surface area contributed by atoms with Gasteiger partial charge in [-0.1, -0.05) is 18.2 Å². The van der Waals surface area contributed by atoms with E-state index in [0.29, 0.717) is 5.01 Å². The maximum atomic E-state index is 10.6. The number of aromatic nitrogens is 1. The number of aryl methyl sites for hydroxylation is 1. The molecule has 1 aromatic carbocycles. The Labute approximate surface area is 92.6 Å². The molecule has 0 radical (unpaired) electrons.